The lowest BCUT2D eigenvalue weighted by atomic mass is 9.95. The van der Waals surface area contributed by atoms with Gasteiger partial charge in [0, 0.05) is 6.42 Å². The number of rotatable bonds is 5. The van der Waals surface area contributed by atoms with Crippen molar-refractivity contribution in [2.24, 2.45) is 11.8 Å². The Kier molecular flexibility index (Phi) is 6.01. The van der Waals surface area contributed by atoms with Gasteiger partial charge in [0.25, 0.3) is 0 Å². The second-order valence-corrected chi connectivity index (χ2v) is 6.97. The average Bonchev–Trinajstić information content (AvgIpc) is 2.66. The Morgan fingerprint density at radius 2 is 2.10 bits per heavy atom. The maximum Gasteiger partial charge on any atom is 0.408 e. The van der Waals surface area contributed by atoms with Crippen LogP contribution in [0.25, 0.3) is 0 Å². The molecule has 0 aromatic carbocycles. The van der Waals surface area contributed by atoms with Crippen molar-refractivity contribution in [1.82, 2.24) is 5.32 Å². The van der Waals surface area contributed by atoms with Crippen molar-refractivity contribution in [3.8, 4) is 0 Å². The van der Waals surface area contributed by atoms with E-state index in [1.807, 2.05) is 13.8 Å². The molecular formula is C15H27NO5. The average molecular weight is 301 g/mol. The minimum atomic E-state index is -0.577. The van der Waals surface area contributed by atoms with E-state index in [2.05, 4.69) is 5.32 Å². The number of carbonyl (C=O) groups excluding carboxylic acids is 2. The molecule has 1 fully saturated rings. The van der Waals surface area contributed by atoms with Crippen LogP contribution in [0.3, 0.4) is 0 Å². The van der Waals surface area contributed by atoms with Gasteiger partial charge in [0.05, 0.1) is 18.6 Å². The van der Waals surface area contributed by atoms with Crippen LogP contribution in [0, 0.1) is 11.8 Å². The van der Waals surface area contributed by atoms with Crippen molar-refractivity contribution in [3.05, 3.63) is 0 Å². The smallest absolute Gasteiger partial charge is 0.408 e. The molecule has 21 heavy (non-hydrogen) atoms. The maximum absolute atomic E-state index is 11.9. The number of carbonyl (C=O) groups is 2. The van der Waals surface area contributed by atoms with E-state index in [1.54, 1.807) is 20.8 Å². The molecule has 2 N–H and O–H groups in total. The molecule has 6 nitrogen and oxygen atoms in total. The van der Waals surface area contributed by atoms with Gasteiger partial charge in [-0.25, -0.2) is 4.79 Å². The Morgan fingerprint density at radius 1 is 1.48 bits per heavy atom. The zero-order valence-corrected chi connectivity index (χ0v) is 13.5. The molecule has 1 aliphatic rings. The molecule has 1 saturated heterocycles. The lowest BCUT2D eigenvalue weighted by Crippen LogP contribution is -2.46. The maximum atomic E-state index is 11.9. The van der Waals surface area contributed by atoms with Crippen LogP contribution in [0.4, 0.5) is 4.79 Å². The standard InChI is InChI=1S/C15H27NO5/c1-9(2)6-11(16-14(19)21-15(3,4)5)12-7-10(8-17)13(18)20-12/h9-12,17H,6-8H2,1-5H3,(H,16,19)/t10?,11-,12+/m0/s1. The highest BCUT2D eigenvalue weighted by atomic mass is 16.6. The Morgan fingerprint density at radius 3 is 2.52 bits per heavy atom. The molecule has 3 atom stereocenters. The summed E-state index contributed by atoms with van der Waals surface area (Å²) >= 11 is 0. The third-order valence-electron chi connectivity index (χ3n) is 3.21. The summed E-state index contributed by atoms with van der Waals surface area (Å²) in [5.41, 5.74) is -0.577. The Hall–Kier alpha value is -1.30. The highest BCUT2D eigenvalue weighted by molar-refractivity contribution is 5.75. The van der Waals surface area contributed by atoms with Crippen LogP contribution >= 0.6 is 0 Å². The summed E-state index contributed by atoms with van der Waals surface area (Å²) in [7, 11) is 0. The molecule has 0 aromatic rings. The van der Waals surface area contributed by atoms with E-state index >= 15 is 0 Å². The van der Waals surface area contributed by atoms with Gasteiger partial charge in [-0.1, -0.05) is 13.8 Å². The first-order valence-electron chi connectivity index (χ1n) is 7.43. The monoisotopic (exact) mass is 301 g/mol. The summed E-state index contributed by atoms with van der Waals surface area (Å²) in [6, 6.07) is -0.305. The van der Waals surface area contributed by atoms with Gasteiger partial charge in [0.15, 0.2) is 0 Å². The van der Waals surface area contributed by atoms with Crippen molar-refractivity contribution in [1.29, 1.82) is 0 Å². The minimum absolute atomic E-state index is 0.226. The summed E-state index contributed by atoms with van der Waals surface area (Å²) < 4.78 is 10.5. The second-order valence-electron chi connectivity index (χ2n) is 6.97. The molecule has 6 heteroatoms. The zero-order chi connectivity index (χ0) is 16.2. The number of cyclic esters (lactones) is 1. The molecule has 0 bridgehead atoms. The molecule has 1 amide bonds. The largest absolute Gasteiger partial charge is 0.460 e. The van der Waals surface area contributed by atoms with Crippen LogP contribution in [0.15, 0.2) is 0 Å². The Balaban J connectivity index is 2.68. The van der Waals surface area contributed by atoms with Crippen LogP contribution in [0.5, 0.6) is 0 Å². The van der Waals surface area contributed by atoms with Crippen LogP contribution in [-0.4, -0.2) is 41.5 Å². The van der Waals surface area contributed by atoms with Gasteiger partial charge in [0.2, 0.25) is 0 Å². The number of alkyl carbamates (subject to hydrolysis) is 1. The molecule has 0 saturated carbocycles. The molecule has 0 aromatic heterocycles. The molecule has 1 aliphatic heterocycles. The van der Waals surface area contributed by atoms with Crippen LogP contribution in [-0.2, 0) is 14.3 Å². The number of aliphatic hydroxyl groups is 1. The van der Waals surface area contributed by atoms with E-state index in [4.69, 9.17) is 14.6 Å². The molecule has 1 heterocycles. The van der Waals surface area contributed by atoms with E-state index < -0.39 is 29.7 Å². The third-order valence-corrected chi connectivity index (χ3v) is 3.21. The van der Waals surface area contributed by atoms with Crippen molar-refractivity contribution in [2.45, 2.75) is 65.2 Å². The first-order valence-corrected chi connectivity index (χ1v) is 7.43. The Bertz CT molecular complexity index is 375. The van der Waals surface area contributed by atoms with Gasteiger partial charge in [-0.2, -0.15) is 0 Å². The minimum Gasteiger partial charge on any atom is -0.460 e. The van der Waals surface area contributed by atoms with Crippen LogP contribution in [0.1, 0.15) is 47.5 Å². The number of ether oxygens (including phenoxy) is 2. The number of nitrogens with one attached hydrogen (secondary N) is 1. The fraction of sp³-hybridized carbons (Fsp3) is 0.867. The van der Waals surface area contributed by atoms with Crippen LogP contribution < -0.4 is 5.32 Å². The van der Waals surface area contributed by atoms with Crippen molar-refractivity contribution < 1.29 is 24.2 Å². The second kappa shape index (κ2) is 7.11. The summed E-state index contributed by atoms with van der Waals surface area (Å²) in [4.78, 5) is 23.5. The van der Waals surface area contributed by atoms with Crippen LogP contribution in [0.2, 0.25) is 0 Å². The Labute approximate surface area is 126 Å². The highest BCUT2D eigenvalue weighted by Gasteiger charge is 2.39. The van der Waals surface area contributed by atoms with Gasteiger partial charge in [-0.3, -0.25) is 4.79 Å². The highest BCUT2D eigenvalue weighted by Crippen LogP contribution is 2.26. The zero-order valence-electron chi connectivity index (χ0n) is 13.5. The first-order chi connectivity index (χ1) is 9.62. The van der Waals surface area contributed by atoms with E-state index in [0.717, 1.165) is 0 Å². The normalized spacial score (nSPS) is 23.9. The van der Waals surface area contributed by atoms with Crippen molar-refractivity contribution in [2.75, 3.05) is 6.61 Å². The molecule has 0 spiro atoms. The quantitative estimate of drug-likeness (QED) is 0.757. The number of hydrogen-bond acceptors (Lipinski definition) is 5. The molecule has 122 valence electrons. The summed E-state index contributed by atoms with van der Waals surface area (Å²) in [6.45, 7) is 9.22. The van der Waals surface area contributed by atoms with Gasteiger partial charge in [-0.15, -0.1) is 0 Å². The number of amides is 1. The van der Waals surface area contributed by atoms with E-state index in [0.29, 0.717) is 18.8 Å². The lowest BCUT2D eigenvalue weighted by molar-refractivity contribution is -0.146. The summed E-state index contributed by atoms with van der Waals surface area (Å²) in [5, 5.41) is 11.9. The van der Waals surface area contributed by atoms with E-state index in [-0.39, 0.29) is 12.6 Å². The topological polar surface area (TPSA) is 84.9 Å². The number of aliphatic hydroxyl groups excluding tert-OH is 1. The summed E-state index contributed by atoms with van der Waals surface area (Å²) in [5.74, 6) is -0.566. The first kappa shape index (κ1) is 17.8. The van der Waals surface area contributed by atoms with Gasteiger partial charge in [0.1, 0.15) is 11.7 Å². The summed E-state index contributed by atoms with van der Waals surface area (Å²) in [6.07, 6.45) is 0.166. The van der Waals surface area contributed by atoms with Gasteiger partial charge < -0.3 is 19.9 Å². The molecule has 1 rings (SSSR count). The molecule has 0 radical (unpaired) electrons. The lowest BCUT2D eigenvalue weighted by Gasteiger charge is -2.27. The SMILES string of the molecule is CC(C)C[C@H](NC(=O)OC(C)(C)C)[C@H]1CC(CO)C(=O)O1. The van der Waals surface area contributed by atoms with E-state index in [1.165, 1.54) is 0 Å². The van der Waals surface area contributed by atoms with Gasteiger partial charge >= 0.3 is 12.1 Å². The fourth-order valence-electron chi connectivity index (χ4n) is 2.34. The van der Waals surface area contributed by atoms with E-state index in [9.17, 15) is 9.59 Å². The third kappa shape index (κ3) is 5.91. The predicted octanol–water partition coefficient (Wildman–Crippen LogP) is 1.85. The predicted molar refractivity (Wildman–Crippen MR) is 77.7 cm³/mol. The molecule has 0 aliphatic carbocycles. The van der Waals surface area contributed by atoms with Crippen molar-refractivity contribution in [3.63, 3.8) is 0 Å². The van der Waals surface area contributed by atoms with Crippen molar-refractivity contribution >= 4 is 12.1 Å². The number of hydrogen-bond donors (Lipinski definition) is 2. The fourth-order valence-corrected chi connectivity index (χ4v) is 2.34. The number of esters is 1. The molecular weight excluding hydrogens is 274 g/mol. The van der Waals surface area contributed by atoms with Gasteiger partial charge in [-0.05, 0) is 33.1 Å². The molecule has 1 unspecified atom stereocenters.